The number of aliphatic hydroxyl groups excluding tert-OH is 1. The van der Waals surface area contributed by atoms with Gasteiger partial charge in [0.05, 0.1) is 0 Å². The van der Waals surface area contributed by atoms with Crippen LogP contribution in [-0.2, 0) is 19.1 Å². The monoisotopic (exact) mass is 420 g/mol. The molecule has 4 aliphatic carbocycles. The summed E-state index contributed by atoms with van der Waals surface area (Å²) in [7, 11) is 0. The fraction of sp³-hybridized carbons (Fsp3) is 0.783. The van der Waals surface area contributed by atoms with Crippen LogP contribution in [-0.4, -0.2) is 51.4 Å². The Morgan fingerprint density at radius 1 is 1.20 bits per heavy atom. The van der Waals surface area contributed by atoms with Crippen molar-refractivity contribution < 1.29 is 34.4 Å². The van der Waals surface area contributed by atoms with Gasteiger partial charge in [-0.05, 0) is 49.0 Å². The predicted octanol–water partition coefficient (Wildman–Crippen LogP) is 1.53. The Labute approximate surface area is 176 Å². The van der Waals surface area contributed by atoms with Gasteiger partial charge in [-0.2, -0.15) is 0 Å². The maximum Gasteiger partial charge on any atom is 0.302 e. The van der Waals surface area contributed by atoms with E-state index in [1.165, 1.54) is 6.92 Å². The van der Waals surface area contributed by atoms with Gasteiger partial charge >= 0.3 is 5.97 Å². The molecule has 0 amide bonds. The summed E-state index contributed by atoms with van der Waals surface area (Å²) in [4.78, 5) is 36.5. The van der Waals surface area contributed by atoms with Crippen LogP contribution in [0.1, 0.15) is 59.3 Å². The molecule has 0 saturated heterocycles. The number of fused-ring (bicyclic) bond motifs is 5. The molecule has 0 spiro atoms. The minimum Gasteiger partial charge on any atom is -0.461 e. The number of hydrogen-bond acceptors (Lipinski definition) is 7. The summed E-state index contributed by atoms with van der Waals surface area (Å²) in [6, 6.07) is 0. The van der Waals surface area contributed by atoms with Gasteiger partial charge in [-0.15, -0.1) is 0 Å². The molecule has 0 bridgehead atoms. The first kappa shape index (κ1) is 21.7. The predicted molar refractivity (Wildman–Crippen MR) is 106 cm³/mol. The first-order valence-corrected chi connectivity index (χ1v) is 10.9. The number of Topliss-reactive ketones (excluding diaryl/α,β-unsaturated/α-hetero) is 1. The van der Waals surface area contributed by atoms with Gasteiger partial charge in [-0.1, -0.05) is 19.4 Å². The zero-order chi connectivity index (χ0) is 22.1. The van der Waals surface area contributed by atoms with Crippen molar-refractivity contribution in [3.63, 3.8) is 0 Å². The molecule has 1 unspecified atom stereocenters. The van der Waals surface area contributed by atoms with Crippen molar-refractivity contribution in [2.24, 2.45) is 34.5 Å². The van der Waals surface area contributed by atoms with Crippen LogP contribution in [0.2, 0.25) is 0 Å². The molecule has 4 aliphatic rings. The Balaban J connectivity index is 1.79. The van der Waals surface area contributed by atoms with Gasteiger partial charge in [0.25, 0.3) is 0 Å². The minimum absolute atomic E-state index is 0.0197. The Morgan fingerprint density at radius 3 is 2.53 bits per heavy atom. The maximum atomic E-state index is 12.4. The number of hydrogen-bond donors (Lipinski definition) is 3. The fourth-order valence-electron chi connectivity index (χ4n) is 7.84. The number of aliphatic hydroxyl groups is 3. The number of ether oxygens (including phenoxy) is 1. The molecule has 4 rings (SSSR count). The Hall–Kier alpha value is -1.57. The van der Waals surface area contributed by atoms with E-state index in [1.807, 2.05) is 13.8 Å². The molecule has 7 heteroatoms. The molecule has 3 N–H and O–H groups in total. The van der Waals surface area contributed by atoms with Gasteiger partial charge in [-0.25, -0.2) is 0 Å². The lowest BCUT2D eigenvalue weighted by Crippen LogP contribution is -2.66. The van der Waals surface area contributed by atoms with Crippen molar-refractivity contribution in [1.82, 2.24) is 0 Å². The van der Waals surface area contributed by atoms with E-state index in [2.05, 4.69) is 0 Å². The van der Waals surface area contributed by atoms with Crippen LogP contribution >= 0.6 is 0 Å². The van der Waals surface area contributed by atoms with E-state index in [1.54, 1.807) is 6.08 Å². The normalized spacial score (nSPS) is 44.4. The zero-order valence-corrected chi connectivity index (χ0v) is 17.9. The largest absolute Gasteiger partial charge is 0.461 e. The van der Waals surface area contributed by atoms with Crippen molar-refractivity contribution in [3.05, 3.63) is 11.6 Å². The van der Waals surface area contributed by atoms with Gasteiger partial charge in [0.1, 0.15) is 12.7 Å². The van der Waals surface area contributed by atoms with Crippen LogP contribution in [0.25, 0.3) is 0 Å². The third kappa shape index (κ3) is 2.93. The standard InChI is InChI=1S/C23H32O7/c1-12(25)30-19-9-14(26)8-13-4-5-15-16-6-7-17(18(27)10-24)21(16,2)11-23(28,29)20(15)22(13,19)3/h8,15-17,19-20,24,28-29H,4-7,9-11H2,1-3H3/t15-,16-,17+,19?,20-,21-,22+/m0/s1. The van der Waals surface area contributed by atoms with E-state index >= 15 is 0 Å². The number of carbonyl (C=O) groups is 3. The van der Waals surface area contributed by atoms with Crippen LogP contribution in [0.4, 0.5) is 0 Å². The van der Waals surface area contributed by atoms with Gasteiger partial charge in [0.2, 0.25) is 0 Å². The van der Waals surface area contributed by atoms with Gasteiger partial charge in [0, 0.05) is 37.0 Å². The summed E-state index contributed by atoms with van der Waals surface area (Å²) in [5.41, 5.74) is -0.640. The van der Waals surface area contributed by atoms with Crippen LogP contribution < -0.4 is 0 Å². The quantitative estimate of drug-likeness (QED) is 0.468. The Morgan fingerprint density at radius 2 is 1.90 bits per heavy atom. The van der Waals surface area contributed by atoms with Crippen molar-refractivity contribution in [2.75, 3.05) is 6.61 Å². The summed E-state index contributed by atoms with van der Waals surface area (Å²) >= 11 is 0. The second-order valence-electron chi connectivity index (χ2n) is 10.3. The highest BCUT2D eigenvalue weighted by atomic mass is 16.5. The van der Waals surface area contributed by atoms with Gasteiger partial charge in [0.15, 0.2) is 17.4 Å². The fourth-order valence-corrected chi connectivity index (χ4v) is 7.84. The number of esters is 1. The number of carbonyl (C=O) groups excluding carboxylic acids is 3. The molecule has 0 heterocycles. The van der Waals surface area contributed by atoms with E-state index in [0.717, 1.165) is 12.0 Å². The van der Waals surface area contributed by atoms with Crippen LogP contribution in [0.15, 0.2) is 11.6 Å². The lowest BCUT2D eigenvalue weighted by atomic mass is 9.44. The van der Waals surface area contributed by atoms with Gasteiger partial charge < -0.3 is 20.1 Å². The SMILES string of the molecule is CC(=O)OC1CC(=O)C=C2CC[C@@H]3[C@H](C(O)(O)C[C@]4(C)[C@@H](C(=O)CO)CC[C@@H]34)[C@]21C. The molecule has 0 aromatic heterocycles. The van der Waals surface area contributed by atoms with Crippen molar-refractivity contribution >= 4 is 17.5 Å². The highest BCUT2D eigenvalue weighted by molar-refractivity contribution is 5.92. The van der Waals surface area contributed by atoms with E-state index in [-0.39, 0.29) is 36.2 Å². The summed E-state index contributed by atoms with van der Waals surface area (Å²) in [5.74, 6) is -3.90. The first-order chi connectivity index (χ1) is 13.9. The van der Waals surface area contributed by atoms with E-state index in [4.69, 9.17) is 4.74 Å². The lowest BCUT2D eigenvalue weighted by molar-refractivity contribution is -0.303. The third-order valence-electron chi connectivity index (χ3n) is 8.82. The third-order valence-corrected chi connectivity index (χ3v) is 8.82. The lowest BCUT2D eigenvalue weighted by Gasteiger charge is -2.63. The molecule has 30 heavy (non-hydrogen) atoms. The van der Waals surface area contributed by atoms with E-state index in [0.29, 0.717) is 19.3 Å². The van der Waals surface area contributed by atoms with Crippen LogP contribution in [0, 0.1) is 34.5 Å². The van der Waals surface area contributed by atoms with E-state index < -0.39 is 47.1 Å². The summed E-state index contributed by atoms with van der Waals surface area (Å²) < 4.78 is 5.58. The molecule has 3 fully saturated rings. The Kier molecular flexibility index (Phi) is 5.03. The molecule has 7 atom stereocenters. The highest BCUT2D eigenvalue weighted by Gasteiger charge is 2.69. The van der Waals surface area contributed by atoms with Gasteiger partial charge in [-0.3, -0.25) is 14.4 Å². The zero-order valence-electron chi connectivity index (χ0n) is 17.9. The van der Waals surface area contributed by atoms with Crippen LogP contribution in [0.3, 0.4) is 0 Å². The minimum atomic E-state index is -2.08. The van der Waals surface area contributed by atoms with Crippen LogP contribution in [0.5, 0.6) is 0 Å². The second kappa shape index (κ2) is 6.97. The molecule has 0 aromatic carbocycles. The van der Waals surface area contributed by atoms with Crippen molar-refractivity contribution in [1.29, 1.82) is 0 Å². The molecule has 0 aromatic rings. The topological polar surface area (TPSA) is 121 Å². The average Bonchev–Trinajstić information content (AvgIpc) is 2.96. The molecule has 166 valence electrons. The second-order valence-corrected chi connectivity index (χ2v) is 10.3. The molecule has 0 radical (unpaired) electrons. The molecular formula is C23H32O7. The number of ketones is 2. The number of rotatable bonds is 3. The Bertz CT molecular complexity index is 814. The smallest absolute Gasteiger partial charge is 0.302 e. The van der Waals surface area contributed by atoms with Crippen molar-refractivity contribution in [3.8, 4) is 0 Å². The molecular weight excluding hydrogens is 388 g/mol. The summed E-state index contributed by atoms with van der Waals surface area (Å²) in [6.45, 7) is 4.61. The van der Waals surface area contributed by atoms with Crippen molar-refractivity contribution in [2.45, 2.75) is 71.2 Å². The average molecular weight is 421 g/mol. The molecule has 0 aliphatic heterocycles. The molecule has 3 saturated carbocycles. The highest BCUT2D eigenvalue weighted by Crippen LogP contribution is 2.68. The maximum absolute atomic E-state index is 12.4. The summed E-state index contributed by atoms with van der Waals surface area (Å²) in [6.07, 6.45) is 3.65. The van der Waals surface area contributed by atoms with E-state index in [9.17, 15) is 29.7 Å². The molecule has 7 nitrogen and oxygen atoms in total. The summed E-state index contributed by atoms with van der Waals surface area (Å²) in [5, 5.41) is 32.2. The first-order valence-electron chi connectivity index (χ1n) is 10.9.